The van der Waals surface area contributed by atoms with Crippen molar-refractivity contribution in [2.45, 2.75) is 25.1 Å². The Morgan fingerprint density at radius 2 is 2.26 bits per heavy atom. The van der Waals surface area contributed by atoms with Crippen molar-refractivity contribution in [3.63, 3.8) is 0 Å². The molecule has 1 aromatic heterocycles. The van der Waals surface area contributed by atoms with Crippen LogP contribution in [-0.2, 0) is 10.5 Å². The molecule has 2 amide bonds. The van der Waals surface area contributed by atoms with E-state index in [-0.39, 0.29) is 11.8 Å². The molecule has 2 rings (SSSR count). The zero-order chi connectivity index (χ0) is 14.0. The standard InChI is InChI=1S/C13H18N2O3S/c1-13(2)12(17)14-6-7-15(13)11(16)10-5-4-9(18-10)8-19-3/h4-5H,6-8H2,1-3H3,(H,14,17). The van der Waals surface area contributed by atoms with Gasteiger partial charge in [-0.3, -0.25) is 9.59 Å². The number of hydrogen-bond donors (Lipinski definition) is 1. The summed E-state index contributed by atoms with van der Waals surface area (Å²) in [4.78, 5) is 25.8. The molecule has 0 spiro atoms. The van der Waals surface area contributed by atoms with Gasteiger partial charge in [0.05, 0.1) is 5.75 Å². The van der Waals surface area contributed by atoms with Gasteiger partial charge in [0.1, 0.15) is 11.3 Å². The lowest BCUT2D eigenvalue weighted by atomic mass is 9.98. The van der Waals surface area contributed by atoms with Gasteiger partial charge in [-0.05, 0) is 32.2 Å². The Hall–Kier alpha value is -1.43. The van der Waals surface area contributed by atoms with E-state index in [0.29, 0.717) is 18.8 Å². The summed E-state index contributed by atoms with van der Waals surface area (Å²) >= 11 is 1.63. The van der Waals surface area contributed by atoms with Crippen molar-refractivity contribution in [1.29, 1.82) is 0 Å². The fraction of sp³-hybridized carbons (Fsp3) is 0.538. The van der Waals surface area contributed by atoms with Crippen molar-refractivity contribution >= 4 is 23.6 Å². The number of piperazine rings is 1. The third kappa shape index (κ3) is 2.63. The number of furan rings is 1. The predicted octanol–water partition coefficient (Wildman–Crippen LogP) is 1.49. The van der Waals surface area contributed by atoms with Crippen molar-refractivity contribution in [3.8, 4) is 0 Å². The topological polar surface area (TPSA) is 62.6 Å². The molecule has 1 fully saturated rings. The molecule has 1 aliphatic heterocycles. The number of thioether (sulfide) groups is 1. The smallest absolute Gasteiger partial charge is 0.290 e. The molecule has 1 aromatic rings. The van der Waals surface area contributed by atoms with Crippen LogP contribution in [0.4, 0.5) is 0 Å². The molecule has 0 atom stereocenters. The van der Waals surface area contributed by atoms with Crippen LogP contribution in [0.3, 0.4) is 0 Å². The lowest BCUT2D eigenvalue weighted by Gasteiger charge is -2.40. The van der Waals surface area contributed by atoms with Crippen molar-refractivity contribution in [3.05, 3.63) is 23.7 Å². The van der Waals surface area contributed by atoms with Crippen LogP contribution in [0.25, 0.3) is 0 Å². The highest BCUT2D eigenvalue weighted by Gasteiger charge is 2.41. The Kier molecular flexibility index (Phi) is 3.89. The van der Waals surface area contributed by atoms with E-state index < -0.39 is 5.54 Å². The second kappa shape index (κ2) is 5.28. The lowest BCUT2D eigenvalue weighted by molar-refractivity contribution is -0.133. The van der Waals surface area contributed by atoms with E-state index in [4.69, 9.17) is 4.42 Å². The van der Waals surface area contributed by atoms with Crippen molar-refractivity contribution in [2.75, 3.05) is 19.3 Å². The van der Waals surface area contributed by atoms with Crippen LogP contribution in [0.15, 0.2) is 16.5 Å². The highest BCUT2D eigenvalue weighted by molar-refractivity contribution is 7.97. The number of nitrogens with one attached hydrogen (secondary N) is 1. The minimum Gasteiger partial charge on any atom is -0.455 e. The monoisotopic (exact) mass is 282 g/mol. The van der Waals surface area contributed by atoms with E-state index in [1.807, 2.05) is 6.26 Å². The van der Waals surface area contributed by atoms with E-state index in [1.54, 1.807) is 42.6 Å². The molecule has 0 unspecified atom stereocenters. The van der Waals surface area contributed by atoms with Crippen LogP contribution in [0.2, 0.25) is 0 Å². The summed E-state index contributed by atoms with van der Waals surface area (Å²) in [5, 5.41) is 2.77. The first kappa shape index (κ1) is 14.0. The summed E-state index contributed by atoms with van der Waals surface area (Å²) in [6.07, 6.45) is 1.97. The van der Waals surface area contributed by atoms with E-state index >= 15 is 0 Å². The zero-order valence-corrected chi connectivity index (χ0v) is 12.2. The number of carbonyl (C=O) groups is 2. The van der Waals surface area contributed by atoms with Gasteiger partial charge in [0.2, 0.25) is 5.91 Å². The molecule has 19 heavy (non-hydrogen) atoms. The molecule has 6 heteroatoms. The highest BCUT2D eigenvalue weighted by Crippen LogP contribution is 2.22. The Morgan fingerprint density at radius 3 is 2.95 bits per heavy atom. The molecule has 104 valence electrons. The number of rotatable bonds is 3. The highest BCUT2D eigenvalue weighted by atomic mass is 32.2. The minimum absolute atomic E-state index is 0.136. The van der Waals surface area contributed by atoms with Crippen molar-refractivity contribution in [1.82, 2.24) is 10.2 Å². The Labute approximate surface area is 116 Å². The van der Waals surface area contributed by atoms with Gasteiger partial charge in [0.15, 0.2) is 5.76 Å². The molecule has 1 saturated heterocycles. The minimum atomic E-state index is -0.845. The Morgan fingerprint density at radius 1 is 1.53 bits per heavy atom. The number of hydrogen-bond acceptors (Lipinski definition) is 4. The van der Waals surface area contributed by atoms with Crippen LogP contribution in [0.5, 0.6) is 0 Å². The lowest BCUT2D eigenvalue weighted by Crippen LogP contribution is -2.63. The number of amides is 2. The van der Waals surface area contributed by atoms with Crippen molar-refractivity contribution in [2.24, 2.45) is 0 Å². The molecule has 0 radical (unpaired) electrons. The average Bonchev–Trinajstić information content (AvgIpc) is 2.81. The fourth-order valence-corrected chi connectivity index (χ4v) is 2.54. The number of carbonyl (C=O) groups excluding carboxylic acids is 2. The number of nitrogens with zero attached hydrogens (tertiary/aromatic N) is 1. The molecular formula is C13H18N2O3S. The van der Waals surface area contributed by atoms with Gasteiger partial charge in [-0.25, -0.2) is 0 Å². The maximum absolute atomic E-state index is 12.4. The summed E-state index contributed by atoms with van der Waals surface area (Å²) in [6.45, 7) is 4.46. The maximum Gasteiger partial charge on any atom is 0.290 e. The molecular weight excluding hydrogens is 264 g/mol. The first-order chi connectivity index (χ1) is 8.96. The Balaban J connectivity index is 2.20. The van der Waals surface area contributed by atoms with E-state index in [9.17, 15) is 9.59 Å². The van der Waals surface area contributed by atoms with Crippen LogP contribution < -0.4 is 5.32 Å². The van der Waals surface area contributed by atoms with Gasteiger partial charge in [0.25, 0.3) is 5.91 Å². The summed E-state index contributed by atoms with van der Waals surface area (Å²) in [6, 6.07) is 3.48. The molecule has 1 aliphatic rings. The normalized spacial score (nSPS) is 18.3. The van der Waals surface area contributed by atoms with Crippen LogP contribution in [0, 0.1) is 0 Å². The molecule has 2 heterocycles. The maximum atomic E-state index is 12.4. The van der Waals surface area contributed by atoms with Gasteiger partial charge in [-0.1, -0.05) is 0 Å². The summed E-state index contributed by atoms with van der Waals surface area (Å²) in [7, 11) is 0. The van der Waals surface area contributed by atoms with Gasteiger partial charge in [-0.15, -0.1) is 0 Å². The summed E-state index contributed by atoms with van der Waals surface area (Å²) in [5.41, 5.74) is -0.845. The summed E-state index contributed by atoms with van der Waals surface area (Å²) in [5.74, 6) is 1.44. The van der Waals surface area contributed by atoms with Crippen molar-refractivity contribution < 1.29 is 14.0 Å². The quantitative estimate of drug-likeness (QED) is 0.912. The van der Waals surface area contributed by atoms with Crippen LogP contribution >= 0.6 is 11.8 Å². The largest absolute Gasteiger partial charge is 0.455 e. The van der Waals surface area contributed by atoms with Crippen LogP contribution in [0.1, 0.15) is 30.2 Å². The van der Waals surface area contributed by atoms with Gasteiger partial charge in [0, 0.05) is 13.1 Å². The van der Waals surface area contributed by atoms with Gasteiger partial charge in [-0.2, -0.15) is 11.8 Å². The SMILES string of the molecule is CSCc1ccc(C(=O)N2CCNC(=O)C2(C)C)o1. The molecule has 1 N–H and O–H groups in total. The van der Waals surface area contributed by atoms with Crippen LogP contribution in [-0.4, -0.2) is 41.6 Å². The fourth-order valence-electron chi connectivity index (χ4n) is 2.10. The molecule has 0 saturated carbocycles. The molecule has 5 nitrogen and oxygen atoms in total. The molecule has 0 aliphatic carbocycles. The van der Waals surface area contributed by atoms with Gasteiger partial charge >= 0.3 is 0 Å². The van der Waals surface area contributed by atoms with E-state index in [1.165, 1.54) is 0 Å². The second-order valence-corrected chi connectivity index (χ2v) is 5.84. The average molecular weight is 282 g/mol. The van der Waals surface area contributed by atoms with E-state index in [2.05, 4.69) is 5.32 Å². The second-order valence-electron chi connectivity index (χ2n) is 4.97. The molecule has 0 bridgehead atoms. The van der Waals surface area contributed by atoms with Gasteiger partial charge < -0.3 is 14.6 Å². The third-order valence-electron chi connectivity index (χ3n) is 3.26. The third-order valence-corrected chi connectivity index (χ3v) is 3.83. The Bertz CT molecular complexity index is 496. The molecule has 0 aromatic carbocycles. The summed E-state index contributed by atoms with van der Waals surface area (Å²) < 4.78 is 5.52. The van der Waals surface area contributed by atoms with E-state index in [0.717, 1.165) is 11.5 Å². The zero-order valence-electron chi connectivity index (χ0n) is 11.4. The first-order valence-corrected chi connectivity index (χ1v) is 7.54. The predicted molar refractivity (Wildman–Crippen MR) is 74.1 cm³/mol. The first-order valence-electron chi connectivity index (χ1n) is 6.14.